The molecule has 410 valence electrons. The minimum Gasteiger partial charge on any atom is -0.870 e. The van der Waals surface area contributed by atoms with E-state index in [0.717, 1.165) is 105 Å². The van der Waals surface area contributed by atoms with E-state index in [4.69, 9.17) is 33.7 Å². The average molecular weight is 1120 g/mol. The van der Waals surface area contributed by atoms with E-state index in [1.807, 2.05) is 0 Å². The van der Waals surface area contributed by atoms with Crippen LogP contribution in [0, 0.1) is 52.4 Å². The fourth-order valence-corrected chi connectivity index (χ4v) is 5.81. The number of halogens is 10. The third-order valence-corrected chi connectivity index (χ3v) is 9.58. The number of nitrogens with two attached hydrogens (primary N) is 1. The SMILES string of the molecule is C.COC(=O)c1cc(CC(=O)c2ccc(F)c(F)c2)ccc1F.COC(=O)c1cc(N)ccc1F.O=C(Cc1ccc(F)c(C(=O)O)c1)c1ccc(F)c(F)c1.O=C(Cl)c1ccc(F)c(F)c1.OC1CCCO1.[2H]CC.[Na+].[OH-]. The van der Waals surface area contributed by atoms with E-state index in [0.29, 0.717) is 18.2 Å². The van der Waals surface area contributed by atoms with Crippen molar-refractivity contribution in [3.8, 4) is 0 Å². The number of aliphatic hydroxyl groups excluding tert-OH is 1. The first kappa shape index (κ1) is 70.1. The number of carbonyl (C=O) groups is 6. The molecule has 13 nitrogen and oxygen atoms in total. The van der Waals surface area contributed by atoms with Crippen LogP contribution in [0.3, 0.4) is 0 Å². The number of ketones is 2. The van der Waals surface area contributed by atoms with E-state index in [2.05, 4.69) is 9.47 Å². The Kier molecular flexibility index (Phi) is 32.9. The van der Waals surface area contributed by atoms with E-state index in [9.17, 15) is 68.3 Å². The Hall–Kier alpha value is -6.92. The Labute approximate surface area is 464 Å². The monoisotopic (exact) mass is 1120 g/mol. The van der Waals surface area contributed by atoms with Crippen molar-refractivity contribution in [2.45, 2.75) is 53.2 Å². The molecule has 0 radical (unpaired) electrons. The second kappa shape index (κ2) is 36.2. The molecular weight excluding hydrogens is 1070 g/mol. The molecule has 5 N–H and O–H groups in total. The standard InChI is InChI=1S/C16H11F3O3.C15H9F3O3.C8H8FNO2.C7H3ClF2O.C4H8O2.C2H6.CH4.Na.H2O/c1-22-16(21)11-6-9(2-4-12(11)17)7-15(20)10-3-5-13(18)14(19)8-10;16-11-3-1-8(5-10(11)15(20)21)6-14(19)9-2-4-12(17)13(18)7-9;1-12-8(11)6-4-5(10)2-3-7(6)9;8-7(11)4-1-2-5(9)6(10)3-4;5-4-2-1-3-6-4;1-2;;;/h2-6,8H,7H2,1H3;1-5,7H,6H2,(H,20,21);2-4H,10H2,1H3;1-3H;4-5H,1-3H2;1-2H3;1H4;;1H2/q;;;;;;;+1;/p-1/i;;;;;1D;;;. The van der Waals surface area contributed by atoms with Crippen molar-refractivity contribution in [1.82, 2.24) is 0 Å². The molecule has 0 saturated carbocycles. The third-order valence-electron chi connectivity index (χ3n) is 9.36. The van der Waals surface area contributed by atoms with Crippen LogP contribution >= 0.6 is 11.6 Å². The maximum Gasteiger partial charge on any atom is 1.00 e. The summed E-state index contributed by atoms with van der Waals surface area (Å²) in [6.45, 7) is 3.03. The van der Waals surface area contributed by atoms with Gasteiger partial charge in [-0.3, -0.25) is 14.4 Å². The molecule has 1 unspecified atom stereocenters. The van der Waals surface area contributed by atoms with Gasteiger partial charge in [0.15, 0.2) is 52.8 Å². The number of Topliss-reactive ketones (excluding diaryl/α,β-unsaturated/α-hetero) is 2. The number of carbonyl (C=O) groups excluding carboxylic acids is 5. The van der Waals surface area contributed by atoms with Gasteiger partial charge < -0.3 is 35.6 Å². The number of benzene rings is 6. The molecule has 1 fully saturated rings. The molecule has 1 heterocycles. The first-order valence-electron chi connectivity index (χ1n) is 21.8. The van der Waals surface area contributed by atoms with Crippen LogP contribution in [0.5, 0.6) is 0 Å². The van der Waals surface area contributed by atoms with Crippen LogP contribution < -0.4 is 35.3 Å². The fraction of sp³-hybridized carbons (Fsp3) is 0.208. The molecule has 1 aliphatic rings. The molecule has 0 aromatic heterocycles. The number of nitrogen functional groups attached to an aromatic ring is 1. The summed E-state index contributed by atoms with van der Waals surface area (Å²) in [5.74, 6) is -12.8. The Morgan fingerprint density at radius 1 is 0.597 bits per heavy atom. The summed E-state index contributed by atoms with van der Waals surface area (Å²) in [7, 11) is 2.30. The molecule has 0 amide bonds. The molecule has 7 rings (SSSR count). The summed E-state index contributed by atoms with van der Waals surface area (Å²) in [6.07, 6.45) is 0.951. The molecule has 1 saturated heterocycles. The van der Waals surface area contributed by atoms with Gasteiger partial charge in [-0.15, -0.1) is 0 Å². The number of hydrogen-bond donors (Lipinski definition) is 3. The number of aliphatic hydroxyl groups is 1. The maximum absolute atomic E-state index is 13.5. The molecular formula is C53H50ClF9NNaO12. The predicted octanol–water partition coefficient (Wildman–Crippen LogP) is 8.69. The van der Waals surface area contributed by atoms with Gasteiger partial charge in [0.05, 0.1) is 30.9 Å². The smallest absolute Gasteiger partial charge is 0.870 e. The minimum absolute atomic E-state index is 0. The van der Waals surface area contributed by atoms with Gasteiger partial charge in [-0.25, -0.2) is 53.9 Å². The van der Waals surface area contributed by atoms with Crippen molar-refractivity contribution in [1.29, 1.82) is 0 Å². The summed E-state index contributed by atoms with van der Waals surface area (Å²) >= 11 is 5.00. The normalized spacial score (nSPS) is 11.6. The van der Waals surface area contributed by atoms with Crippen molar-refractivity contribution >= 4 is 52.0 Å². The molecule has 0 aliphatic carbocycles. The van der Waals surface area contributed by atoms with Crippen LogP contribution in [-0.4, -0.2) is 77.5 Å². The number of hydrogen-bond acceptors (Lipinski definition) is 12. The summed E-state index contributed by atoms with van der Waals surface area (Å²) in [5, 5.41) is 16.5. The van der Waals surface area contributed by atoms with Gasteiger partial charge >= 0.3 is 47.5 Å². The van der Waals surface area contributed by atoms with Crippen molar-refractivity contribution in [3.63, 3.8) is 0 Å². The topological polar surface area (TPSA) is 227 Å². The van der Waals surface area contributed by atoms with E-state index in [1.54, 1.807) is 6.92 Å². The summed E-state index contributed by atoms with van der Waals surface area (Å²) in [4.78, 5) is 67.4. The zero-order valence-corrected chi connectivity index (χ0v) is 43.3. The first-order valence-corrected chi connectivity index (χ1v) is 21.5. The number of methoxy groups -OCH3 is 2. The van der Waals surface area contributed by atoms with E-state index in [1.165, 1.54) is 37.4 Å². The largest absolute Gasteiger partial charge is 1.00 e. The number of carboxylic acids is 1. The quantitative estimate of drug-likeness (QED) is 0.0292. The molecule has 1 aliphatic heterocycles. The zero-order valence-electron chi connectivity index (χ0n) is 41.6. The molecule has 6 aromatic rings. The molecule has 77 heavy (non-hydrogen) atoms. The van der Waals surface area contributed by atoms with Crippen LogP contribution in [0.4, 0.5) is 45.2 Å². The number of rotatable bonds is 10. The van der Waals surface area contributed by atoms with E-state index < -0.39 is 98.9 Å². The van der Waals surface area contributed by atoms with Crippen LogP contribution in [0.1, 0.15) is 109 Å². The Bertz CT molecular complexity index is 2970. The maximum atomic E-state index is 13.5. The third kappa shape index (κ3) is 23.9. The second-order valence-corrected chi connectivity index (χ2v) is 14.8. The second-order valence-electron chi connectivity index (χ2n) is 14.5. The van der Waals surface area contributed by atoms with Crippen molar-refractivity contribution in [3.05, 3.63) is 206 Å². The van der Waals surface area contributed by atoms with E-state index in [-0.39, 0.29) is 88.7 Å². The van der Waals surface area contributed by atoms with E-state index >= 15 is 0 Å². The van der Waals surface area contributed by atoms with Gasteiger partial charge in [0.1, 0.15) is 17.5 Å². The molecule has 1 atom stereocenters. The minimum atomic E-state index is -1.45. The number of carboxylic acid groups (broad SMARTS) is 1. The Balaban J connectivity index is 0. The van der Waals surface area contributed by atoms with Crippen molar-refractivity contribution in [2.75, 3.05) is 26.6 Å². The summed E-state index contributed by atoms with van der Waals surface area (Å²) in [6, 6.07) is 18.8. The predicted molar refractivity (Wildman–Crippen MR) is 260 cm³/mol. The van der Waals surface area contributed by atoms with Crippen LogP contribution in [-0.2, 0) is 27.1 Å². The van der Waals surface area contributed by atoms with Crippen LogP contribution in [0.25, 0.3) is 0 Å². The fourth-order valence-electron chi connectivity index (χ4n) is 5.70. The Morgan fingerprint density at radius 3 is 1.29 bits per heavy atom. The van der Waals surface area contributed by atoms with Crippen LogP contribution in [0.15, 0.2) is 109 Å². The van der Waals surface area contributed by atoms with Gasteiger partial charge in [0.25, 0.3) is 5.24 Å². The van der Waals surface area contributed by atoms with Crippen LogP contribution in [0.2, 0.25) is 0 Å². The van der Waals surface area contributed by atoms with Gasteiger partial charge in [0, 0.05) is 49.6 Å². The van der Waals surface area contributed by atoms with Gasteiger partial charge in [-0.1, -0.05) is 33.4 Å². The molecule has 0 spiro atoms. The number of ether oxygens (including phenoxy) is 3. The average Bonchev–Trinajstić information content (AvgIpc) is 3.87. The summed E-state index contributed by atoms with van der Waals surface area (Å²) in [5.41, 5.74) is 5.21. The number of esters is 2. The first-order chi connectivity index (χ1) is 35.4. The summed E-state index contributed by atoms with van der Waals surface area (Å²) < 4.78 is 136. The van der Waals surface area contributed by atoms with Gasteiger partial charge in [0.2, 0.25) is 0 Å². The number of anilines is 1. The van der Waals surface area contributed by atoms with Crippen molar-refractivity contribution in [2.24, 2.45) is 0 Å². The molecule has 24 heteroatoms. The van der Waals surface area contributed by atoms with Gasteiger partial charge in [-0.05, 0) is 126 Å². The molecule has 0 bridgehead atoms. The number of aromatic carboxylic acids is 1. The molecule has 6 aromatic carbocycles. The Morgan fingerprint density at radius 2 is 0.948 bits per heavy atom. The van der Waals surface area contributed by atoms with Gasteiger partial charge in [-0.2, -0.15) is 0 Å². The van der Waals surface area contributed by atoms with Crippen molar-refractivity contribution < 1.29 is 129 Å². The zero-order chi connectivity index (χ0) is 56.5.